The summed E-state index contributed by atoms with van der Waals surface area (Å²) in [6.45, 7) is 5.92. The second-order valence-corrected chi connectivity index (χ2v) is 7.66. The van der Waals surface area contributed by atoms with Gasteiger partial charge >= 0.3 is 0 Å². The number of Topliss-reactive ketones (excluding diaryl/α,β-unsaturated/α-hetero) is 1. The molecule has 146 valence electrons. The van der Waals surface area contributed by atoms with Crippen LogP contribution in [-0.2, 0) is 4.79 Å². The number of amides is 1. The van der Waals surface area contributed by atoms with Gasteiger partial charge in [0.1, 0.15) is 5.69 Å². The average molecular weight is 378 g/mol. The monoisotopic (exact) mass is 378 g/mol. The van der Waals surface area contributed by atoms with Crippen LogP contribution in [-0.4, -0.2) is 28.5 Å². The number of nitrogens with zero attached hydrogens (tertiary/aromatic N) is 3. The zero-order valence-electron chi connectivity index (χ0n) is 16.9. The Bertz CT molecular complexity index is 962. The molecule has 1 aromatic carbocycles. The van der Waals surface area contributed by atoms with Gasteiger partial charge in [-0.15, -0.1) is 0 Å². The Kier molecular flexibility index (Phi) is 5.64. The van der Waals surface area contributed by atoms with Gasteiger partial charge in [-0.25, -0.2) is 0 Å². The van der Waals surface area contributed by atoms with Crippen LogP contribution >= 0.6 is 0 Å². The average Bonchev–Trinajstić information content (AvgIpc) is 3.44. The van der Waals surface area contributed by atoms with Crippen molar-refractivity contribution in [2.24, 2.45) is 0 Å². The summed E-state index contributed by atoms with van der Waals surface area (Å²) in [6.07, 6.45) is 2.43. The molecule has 6 nitrogen and oxygen atoms in total. The molecule has 0 spiro atoms. The third-order valence-corrected chi connectivity index (χ3v) is 5.16. The van der Waals surface area contributed by atoms with Crippen LogP contribution in [0.15, 0.2) is 18.2 Å². The molecule has 0 bridgehead atoms. The molecule has 1 fully saturated rings. The van der Waals surface area contributed by atoms with Gasteiger partial charge in [0.25, 0.3) is 0 Å². The Morgan fingerprint density at radius 1 is 1.32 bits per heavy atom. The SMILES string of the molecule is CNC(=O)CCC(=O)c1c(C2CC2)c(-c2ccc(C#N)c(C)c2)nn1C(C)C. The molecule has 28 heavy (non-hydrogen) atoms. The normalized spacial score (nSPS) is 13.4. The van der Waals surface area contributed by atoms with Gasteiger partial charge in [-0.3, -0.25) is 14.3 Å². The number of ketones is 1. The van der Waals surface area contributed by atoms with Gasteiger partial charge in [-0.1, -0.05) is 6.07 Å². The lowest BCUT2D eigenvalue weighted by atomic mass is 9.96. The third kappa shape index (κ3) is 3.84. The molecular weight excluding hydrogens is 352 g/mol. The zero-order chi connectivity index (χ0) is 20.4. The van der Waals surface area contributed by atoms with Crippen LogP contribution in [0.1, 0.15) is 78.7 Å². The Morgan fingerprint density at radius 3 is 2.57 bits per heavy atom. The van der Waals surface area contributed by atoms with E-state index in [9.17, 15) is 14.9 Å². The van der Waals surface area contributed by atoms with Crippen molar-refractivity contribution in [3.63, 3.8) is 0 Å². The van der Waals surface area contributed by atoms with E-state index in [0.29, 0.717) is 17.2 Å². The summed E-state index contributed by atoms with van der Waals surface area (Å²) in [6, 6.07) is 7.91. The number of hydrogen-bond acceptors (Lipinski definition) is 4. The number of carbonyl (C=O) groups excluding carboxylic acids is 2. The molecule has 1 amide bonds. The van der Waals surface area contributed by atoms with Gasteiger partial charge in [0.05, 0.1) is 17.3 Å². The second kappa shape index (κ2) is 7.97. The molecule has 1 N–H and O–H groups in total. The van der Waals surface area contributed by atoms with Gasteiger partial charge in [0.15, 0.2) is 5.78 Å². The number of hydrogen-bond donors (Lipinski definition) is 1. The van der Waals surface area contributed by atoms with Gasteiger partial charge < -0.3 is 5.32 Å². The summed E-state index contributed by atoms with van der Waals surface area (Å²) < 4.78 is 1.81. The number of nitrogens with one attached hydrogen (secondary N) is 1. The number of carbonyl (C=O) groups is 2. The van der Waals surface area contributed by atoms with Crippen LogP contribution < -0.4 is 5.32 Å². The minimum Gasteiger partial charge on any atom is -0.359 e. The Balaban J connectivity index is 2.09. The lowest BCUT2D eigenvalue weighted by Gasteiger charge is -2.11. The van der Waals surface area contributed by atoms with Crippen LogP contribution in [0.4, 0.5) is 0 Å². The van der Waals surface area contributed by atoms with Crippen molar-refractivity contribution in [3.8, 4) is 17.3 Å². The fraction of sp³-hybridized carbons (Fsp3) is 0.455. The van der Waals surface area contributed by atoms with E-state index >= 15 is 0 Å². The number of benzene rings is 1. The summed E-state index contributed by atoms with van der Waals surface area (Å²) in [4.78, 5) is 24.7. The maximum atomic E-state index is 13.1. The van der Waals surface area contributed by atoms with Gasteiger partial charge in [-0.2, -0.15) is 10.4 Å². The molecule has 1 saturated carbocycles. The summed E-state index contributed by atoms with van der Waals surface area (Å²) >= 11 is 0. The number of rotatable bonds is 7. The first-order valence-electron chi connectivity index (χ1n) is 9.74. The highest BCUT2D eigenvalue weighted by Gasteiger charge is 2.35. The molecule has 1 aromatic heterocycles. The van der Waals surface area contributed by atoms with Crippen LogP contribution in [0.2, 0.25) is 0 Å². The van der Waals surface area contributed by atoms with E-state index in [0.717, 1.165) is 35.2 Å². The van der Waals surface area contributed by atoms with E-state index in [1.807, 2.05) is 43.7 Å². The van der Waals surface area contributed by atoms with Gasteiger partial charge in [-0.05, 0) is 57.2 Å². The predicted molar refractivity (Wildman–Crippen MR) is 107 cm³/mol. The lowest BCUT2D eigenvalue weighted by Crippen LogP contribution is -2.20. The topological polar surface area (TPSA) is 87.8 Å². The largest absolute Gasteiger partial charge is 0.359 e. The van der Waals surface area contributed by atoms with Crippen molar-refractivity contribution < 1.29 is 9.59 Å². The Morgan fingerprint density at radius 2 is 2.04 bits per heavy atom. The van der Waals surface area contributed by atoms with Crippen LogP contribution in [0, 0.1) is 18.3 Å². The van der Waals surface area contributed by atoms with Crippen LogP contribution in [0.25, 0.3) is 11.3 Å². The summed E-state index contributed by atoms with van der Waals surface area (Å²) in [5, 5.41) is 16.6. The van der Waals surface area contributed by atoms with Crippen molar-refractivity contribution in [1.82, 2.24) is 15.1 Å². The second-order valence-electron chi connectivity index (χ2n) is 7.66. The highest BCUT2D eigenvalue weighted by molar-refractivity contribution is 5.99. The first kappa shape index (κ1) is 19.8. The van der Waals surface area contributed by atoms with E-state index in [1.165, 1.54) is 0 Å². The molecular formula is C22H26N4O2. The highest BCUT2D eigenvalue weighted by Crippen LogP contribution is 2.47. The third-order valence-electron chi connectivity index (χ3n) is 5.16. The molecule has 2 aromatic rings. The number of aryl methyl sites for hydroxylation is 1. The van der Waals surface area contributed by atoms with Crippen molar-refractivity contribution in [2.45, 2.75) is 58.4 Å². The summed E-state index contributed by atoms with van der Waals surface area (Å²) in [5.74, 6) is 0.153. The van der Waals surface area contributed by atoms with Crippen molar-refractivity contribution in [3.05, 3.63) is 40.6 Å². The van der Waals surface area contributed by atoms with Gasteiger partial charge in [0, 0.05) is 37.1 Å². The van der Waals surface area contributed by atoms with E-state index < -0.39 is 0 Å². The van der Waals surface area contributed by atoms with E-state index in [4.69, 9.17) is 5.10 Å². The fourth-order valence-corrected chi connectivity index (χ4v) is 3.48. The Hall–Kier alpha value is -2.94. The van der Waals surface area contributed by atoms with Crippen molar-refractivity contribution in [2.75, 3.05) is 7.05 Å². The fourth-order valence-electron chi connectivity index (χ4n) is 3.48. The van der Waals surface area contributed by atoms with E-state index in [2.05, 4.69) is 11.4 Å². The highest BCUT2D eigenvalue weighted by atomic mass is 16.2. The van der Waals surface area contributed by atoms with Crippen molar-refractivity contribution in [1.29, 1.82) is 5.26 Å². The molecule has 0 radical (unpaired) electrons. The van der Waals surface area contributed by atoms with E-state index in [1.54, 1.807) is 7.05 Å². The molecule has 0 aliphatic heterocycles. The molecule has 6 heteroatoms. The minimum atomic E-state index is -0.139. The first-order valence-corrected chi connectivity index (χ1v) is 9.74. The quantitative estimate of drug-likeness (QED) is 0.740. The van der Waals surface area contributed by atoms with Crippen molar-refractivity contribution >= 4 is 11.7 Å². The predicted octanol–water partition coefficient (Wildman–Crippen LogP) is 3.90. The number of nitriles is 1. The smallest absolute Gasteiger partial charge is 0.220 e. The molecule has 1 heterocycles. The lowest BCUT2D eigenvalue weighted by molar-refractivity contribution is -0.120. The molecule has 1 aliphatic rings. The first-order chi connectivity index (χ1) is 13.4. The van der Waals surface area contributed by atoms with E-state index in [-0.39, 0.29) is 30.6 Å². The molecule has 0 unspecified atom stereocenters. The molecule has 3 rings (SSSR count). The summed E-state index contributed by atoms with van der Waals surface area (Å²) in [7, 11) is 1.58. The van der Waals surface area contributed by atoms with Crippen LogP contribution in [0.5, 0.6) is 0 Å². The molecule has 1 aliphatic carbocycles. The standard InChI is InChI=1S/C22H26N4O2/c1-13(2)26-22(18(27)9-10-19(28)24-4)20(15-5-6-15)21(25-26)16-7-8-17(12-23)14(3)11-16/h7-8,11,13,15H,5-6,9-10H2,1-4H3,(H,24,28). The maximum Gasteiger partial charge on any atom is 0.220 e. The van der Waals surface area contributed by atoms with Gasteiger partial charge in [0.2, 0.25) is 5.91 Å². The summed E-state index contributed by atoms with van der Waals surface area (Å²) in [5.41, 5.74) is 4.93. The maximum absolute atomic E-state index is 13.1. The van der Waals surface area contributed by atoms with Crippen LogP contribution in [0.3, 0.4) is 0 Å². The number of aromatic nitrogens is 2. The zero-order valence-corrected chi connectivity index (χ0v) is 16.9. The molecule has 0 atom stereocenters. The minimum absolute atomic E-state index is 0.0321. The Labute approximate surface area is 165 Å². The molecule has 0 saturated heterocycles.